The number of fused-ring (bicyclic) bond motifs is 1. The van der Waals surface area contributed by atoms with Gasteiger partial charge in [0.15, 0.2) is 6.30 Å². The first-order valence-electron chi connectivity index (χ1n) is 6.53. The van der Waals surface area contributed by atoms with Crippen LogP contribution in [0.5, 0.6) is 0 Å². The number of nitrogens with zero attached hydrogens (tertiary/aromatic N) is 2. The number of dihydropyridines is 1. The topological polar surface area (TPSA) is 90.0 Å². The first kappa shape index (κ1) is 16.0. The van der Waals surface area contributed by atoms with Gasteiger partial charge in [-0.3, -0.25) is 4.57 Å². The number of hydrogen-bond donors (Lipinski definition) is 2. The number of sulfonamides is 1. The monoisotopic (exact) mass is 352 g/mol. The van der Waals surface area contributed by atoms with Crippen molar-refractivity contribution in [2.24, 2.45) is 11.1 Å². The molecule has 2 aliphatic rings. The van der Waals surface area contributed by atoms with Crippen LogP contribution in [0.25, 0.3) is 0 Å². The maximum atomic E-state index is 14.8. The van der Waals surface area contributed by atoms with Crippen molar-refractivity contribution in [3.8, 4) is 0 Å². The van der Waals surface area contributed by atoms with Crippen molar-refractivity contribution in [2.75, 3.05) is 0 Å². The number of alkyl halides is 3. The van der Waals surface area contributed by atoms with Crippen LogP contribution < -0.4 is 10.5 Å². The van der Waals surface area contributed by atoms with Gasteiger partial charge in [0.1, 0.15) is 5.82 Å². The molecule has 1 aromatic rings. The van der Waals surface area contributed by atoms with Crippen molar-refractivity contribution in [2.45, 2.75) is 30.2 Å². The molecule has 0 fully saturated rings. The summed E-state index contributed by atoms with van der Waals surface area (Å²) in [6.07, 6.45) is 1.08. The molecule has 3 atom stereocenters. The molecule has 23 heavy (non-hydrogen) atoms. The Bertz CT molecular complexity index is 830. The summed E-state index contributed by atoms with van der Waals surface area (Å²) in [4.78, 5) is 3.37. The highest BCUT2D eigenvalue weighted by molar-refractivity contribution is 7.89. The second-order valence-electron chi connectivity index (χ2n) is 5.37. The SMILES string of the molecule is CC1c2nc(F)c(S(N)(=O)=O)n2C(F)C1C1=CC=CNC1(F)F. The van der Waals surface area contributed by atoms with Gasteiger partial charge in [-0.2, -0.15) is 13.2 Å². The molecule has 11 heteroatoms. The summed E-state index contributed by atoms with van der Waals surface area (Å²) in [6.45, 7) is 1.37. The molecule has 0 amide bonds. The van der Waals surface area contributed by atoms with E-state index < -0.39 is 50.7 Å². The van der Waals surface area contributed by atoms with E-state index in [1.807, 2.05) is 0 Å². The van der Waals surface area contributed by atoms with E-state index in [1.54, 1.807) is 5.32 Å². The molecule has 3 heterocycles. The minimum absolute atomic E-state index is 0.282. The van der Waals surface area contributed by atoms with Gasteiger partial charge in [-0.05, 0) is 6.08 Å². The third-order valence-corrected chi connectivity index (χ3v) is 4.88. The highest BCUT2D eigenvalue weighted by Gasteiger charge is 2.52. The molecule has 3 unspecified atom stereocenters. The van der Waals surface area contributed by atoms with Gasteiger partial charge < -0.3 is 5.32 Å². The molecule has 3 N–H and O–H groups in total. The Kier molecular flexibility index (Phi) is 3.34. The van der Waals surface area contributed by atoms with Gasteiger partial charge in [0.2, 0.25) is 5.03 Å². The number of allylic oxidation sites excluding steroid dienone is 2. The molecule has 0 radical (unpaired) electrons. The fraction of sp³-hybridized carbons (Fsp3) is 0.417. The third kappa shape index (κ3) is 2.26. The largest absolute Gasteiger partial charge is 0.346 e. The lowest BCUT2D eigenvalue weighted by Gasteiger charge is -2.29. The summed E-state index contributed by atoms with van der Waals surface area (Å²) < 4.78 is 79.8. The summed E-state index contributed by atoms with van der Waals surface area (Å²) in [6, 6.07) is -3.51. The van der Waals surface area contributed by atoms with E-state index in [1.165, 1.54) is 13.0 Å². The maximum Gasteiger partial charge on any atom is 0.346 e. The molecule has 1 aromatic heterocycles. The second kappa shape index (κ2) is 4.81. The minimum Gasteiger partial charge on any atom is -0.330 e. The average molecular weight is 352 g/mol. The third-order valence-electron chi connectivity index (χ3n) is 3.97. The number of primary sulfonamides is 1. The van der Waals surface area contributed by atoms with E-state index in [-0.39, 0.29) is 5.82 Å². The van der Waals surface area contributed by atoms with Gasteiger partial charge in [0.25, 0.3) is 16.0 Å². The summed E-state index contributed by atoms with van der Waals surface area (Å²) >= 11 is 0. The quantitative estimate of drug-likeness (QED) is 0.624. The zero-order chi connectivity index (χ0) is 17.2. The highest BCUT2D eigenvalue weighted by atomic mass is 32.2. The molecule has 0 aliphatic carbocycles. The maximum absolute atomic E-state index is 14.8. The zero-order valence-corrected chi connectivity index (χ0v) is 12.5. The Morgan fingerprint density at radius 2 is 2.09 bits per heavy atom. The van der Waals surface area contributed by atoms with Crippen LogP contribution >= 0.6 is 0 Å². The minimum atomic E-state index is -4.61. The lowest BCUT2D eigenvalue weighted by molar-refractivity contribution is -0.00473. The Hall–Kier alpha value is -1.88. The second-order valence-corrected chi connectivity index (χ2v) is 6.84. The smallest absolute Gasteiger partial charge is 0.330 e. The van der Waals surface area contributed by atoms with Crippen molar-refractivity contribution in [3.05, 3.63) is 35.7 Å². The molecule has 0 aromatic carbocycles. The number of nitrogens with one attached hydrogen (secondary N) is 1. The predicted molar refractivity (Wildman–Crippen MR) is 70.9 cm³/mol. The van der Waals surface area contributed by atoms with E-state index in [4.69, 9.17) is 5.14 Å². The number of hydrogen-bond acceptors (Lipinski definition) is 4. The normalized spacial score (nSPS) is 29.1. The van der Waals surface area contributed by atoms with Gasteiger partial charge in [-0.25, -0.2) is 22.9 Å². The number of imidazole rings is 1. The van der Waals surface area contributed by atoms with Gasteiger partial charge in [0, 0.05) is 23.6 Å². The van der Waals surface area contributed by atoms with Crippen molar-refractivity contribution in [1.29, 1.82) is 0 Å². The van der Waals surface area contributed by atoms with E-state index in [2.05, 4.69) is 4.98 Å². The van der Waals surface area contributed by atoms with E-state index in [9.17, 15) is 26.0 Å². The van der Waals surface area contributed by atoms with Crippen LogP contribution in [-0.4, -0.2) is 24.0 Å². The van der Waals surface area contributed by atoms with E-state index in [0.717, 1.165) is 12.3 Å². The first-order chi connectivity index (χ1) is 10.6. The van der Waals surface area contributed by atoms with Gasteiger partial charge in [-0.15, -0.1) is 0 Å². The van der Waals surface area contributed by atoms with Gasteiger partial charge in [-0.1, -0.05) is 13.0 Å². The molecule has 0 saturated heterocycles. The molecule has 0 spiro atoms. The van der Waals surface area contributed by atoms with Crippen LogP contribution in [-0.2, 0) is 10.0 Å². The molecular weight excluding hydrogens is 340 g/mol. The Morgan fingerprint density at radius 1 is 1.43 bits per heavy atom. The van der Waals surface area contributed by atoms with E-state index in [0.29, 0.717) is 4.57 Å². The molecule has 2 aliphatic heterocycles. The molecule has 6 nitrogen and oxygen atoms in total. The summed E-state index contributed by atoms with van der Waals surface area (Å²) in [5, 5.41) is 5.54. The Morgan fingerprint density at radius 3 is 2.65 bits per heavy atom. The number of halogens is 4. The predicted octanol–water partition coefficient (Wildman–Crippen LogP) is 1.51. The first-order valence-corrected chi connectivity index (χ1v) is 8.07. The van der Waals surface area contributed by atoms with Crippen LogP contribution in [0.2, 0.25) is 0 Å². The fourth-order valence-electron chi connectivity index (χ4n) is 3.01. The summed E-state index contributed by atoms with van der Waals surface area (Å²) in [5.41, 5.74) is -0.578. The highest BCUT2D eigenvalue weighted by Crippen LogP contribution is 2.50. The molecule has 126 valence electrons. The van der Waals surface area contributed by atoms with Crippen molar-refractivity contribution in [3.63, 3.8) is 0 Å². The lowest BCUT2D eigenvalue weighted by Crippen LogP contribution is -2.40. The number of nitrogens with two attached hydrogens (primary N) is 1. The van der Waals surface area contributed by atoms with Crippen molar-refractivity contribution >= 4 is 10.0 Å². The average Bonchev–Trinajstić information content (AvgIpc) is 2.86. The summed E-state index contributed by atoms with van der Waals surface area (Å²) in [5.74, 6) is -4.11. The van der Waals surface area contributed by atoms with Crippen LogP contribution in [0.1, 0.15) is 25.0 Å². The van der Waals surface area contributed by atoms with E-state index >= 15 is 0 Å². The zero-order valence-electron chi connectivity index (χ0n) is 11.7. The molecule has 0 saturated carbocycles. The van der Waals surface area contributed by atoms with Crippen LogP contribution in [0.3, 0.4) is 0 Å². The van der Waals surface area contributed by atoms with Crippen LogP contribution in [0.15, 0.2) is 29.0 Å². The molecular formula is C12H12F4N4O2S. The van der Waals surface area contributed by atoms with Crippen LogP contribution in [0, 0.1) is 11.9 Å². The summed E-state index contributed by atoms with van der Waals surface area (Å²) in [7, 11) is -4.61. The fourth-order valence-corrected chi connectivity index (χ4v) is 3.76. The van der Waals surface area contributed by atoms with Crippen molar-refractivity contribution in [1.82, 2.24) is 14.9 Å². The lowest BCUT2D eigenvalue weighted by atomic mass is 9.86. The number of rotatable bonds is 2. The molecule has 3 rings (SSSR count). The standard InChI is InChI=1S/C12H12F4N4O2S/c1-5-7(6-3-2-4-18-12(6,15)16)9(14)20-10(5)19-8(13)11(20)23(17,21)22/h2-5,7,9,18H,1H3,(H2,17,21,22). The van der Waals surface area contributed by atoms with Crippen molar-refractivity contribution < 1.29 is 26.0 Å². The Balaban J connectivity index is 2.14. The molecule has 0 bridgehead atoms. The van der Waals surface area contributed by atoms with Gasteiger partial charge in [0.05, 0.1) is 0 Å². The Labute approximate surface area is 128 Å². The number of aromatic nitrogens is 2. The van der Waals surface area contributed by atoms with Gasteiger partial charge >= 0.3 is 6.05 Å². The van der Waals surface area contributed by atoms with Crippen LogP contribution in [0.4, 0.5) is 17.6 Å².